The van der Waals surface area contributed by atoms with Crippen LogP contribution in [0.15, 0.2) is 18.2 Å². The quantitative estimate of drug-likeness (QED) is 0.863. The minimum atomic E-state index is -0.286. The highest BCUT2D eigenvalue weighted by molar-refractivity contribution is 6.31. The molecular weight excluding hydrogens is 227 g/mol. The van der Waals surface area contributed by atoms with Crippen LogP contribution < -0.4 is 5.73 Å². The average Bonchev–Trinajstić information content (AvgIpc) is 2.24. The van der Waals surface area contributed by atoms with E-state index in [9.17, 15) is 4.39 Å². The molecule has 0 aliphatic carbocycles. The van der Waals surface area contributed by atoms with Gasteiger partial charge in [-0.15, -0.1) is 0 Å². The van der Waals surface area contributed by atoms with Crippen LogP contribution in [0.5, 0.6) is 0 Å². The van der Waals surface area contributed by atoms with Crippen molar-refractivity contribution in [1.29, 1.82) is 0 Å². The van der Waals surface area contributed by atoms with Crippen LogP contribution in [0, 0.1) is 5.82 Å². The van der Waals surface area contributed by atoms with Crippen molar-refractivity contribution in [1.82, 2.24) is 4.90 Å². The van der Waals surface area contributed by atoms with E-state index in [1.165, 1.54) is 6.07 Å². The Morgan fingerprint density at radius 1 is 1.50 bits per heavy atom. The molecule has 0 aliphatic rings. The molecule has 0 fully saturated rings. The van der Waals surface area contributed by atoms with Crippen molar-refractivity contribution in [2.75, 3.05) is 20.1 Å². The summed E-state index contributed by atoms with van der Waals surface area (Å²) in [5.74, 6) is -0.286. The fraction of sp³-hybridized carbons (Fsp3) is 0.500. The molecule has 0 bridgehead atoms. The molecule has 1 aromatic rings. The molecule has 0 saturated heterocycles. The van der Waals surface area contributed by atoms with Crippen LogP contribution in [0.3, 0.4) is 0 Å². The van der Waals surface area contributed by atoms with Crippen molar-refractivity contribution in [2.45, 2.75) is 19.4 Å². The van der Waals surface area contributed by atoms with Gasteiger partial charge in [-0.1, -0.05) is 24.6 Å². The van der Waals surface area contributed by atoms with E-state index in [0.29, 0.717) is 17.1 Å². The van der Waals surface area contributed by atoms with Gasteiger partial charge in [0, 0.05) is 17.1 Å². The van der Waals surface area contributed by atoms with Crippen molar-refractivity contribution in [3.63, 3.8) is 0 Å². The van der Waals surface area contributed by atoms with Gasteiger partial charge in [0.2, 0.25) is 0 Å². The molecule has 1 atom stereocenters. The molecule has 4 heteroatoms. The molecule has 2 N–H and O–H groups in total. The van der Waals surface area contributed by atoms with E-state index in [2.05, 4.69) is 6.92 Å². The van der Waals surface area contributed by atoms with E-state index in [0.717, 1.165) is 13.0 Å². The van der Waals surface area contributed by atoms with Crippen LogP contribution in [-0.2, 0) is 0 Å². The molecule has 0 heterocycles. The number of halogens is 2. The summed E-state index contributed by atoms with van der Waals surface area (Å²) in [6.45, 7) is 3.30. The van der Waals surface area contributed by atoms with Gasteiger partial charge in [0.1, 0.15) is 5.82 Å². The standard InChI is InChI=1S/C12H18ClFN2/c1-3-7-16(2)11(8-15)12-9(13)5-4-6-10(12)14/h4-6,11H,3,7-8,15H2,1-2H3. The van der Waals surface area contributed by atoms with Crippen molar-refractivity contribution in [2.24, 2.45) is 5.73 Å². The molecule has 2 nitrogen and oxygen atoms in total. The molecule has 0 amide bonds. The number of hydrogen-bond acceptors (Lipinski definition) is 2. The third kappa shape index (κ3) is 2.94. The van der Waals surface area contributed by atoms with Gasteiger partial charge < -0.3 is 5.73 Å². The maximum absolute atomic E-state index is 13.7. The predicted octanol–water partition coefficient (Wildman–Crippen LogP) is 2.82. The Bertz CT molecular complexity index is 324. The summed E-state index contributed by atoms with van der Waals surface area (Å²) >= 11 is 6.03. The number of rotatable bonds is 5. The van der Waals surface area contributed by atoms with Crippen LogP contribution in [-0.4, -0.2) is 25.0 Å². The summed E-state index contributed by atoms with van der Waals surface area (Å²) in [7, 11) is 1.93. The van der Waals surface area contributed by atoms with Gasteiger partial charge in [0.15, 0.2) is 0 Å². The monoisotopic (exact) mass is 244 g/mol. The third-order valence-electron chi connectivity index (χ3n) is 2.66. The van der Waals surface area contributed by atoms with Crippen LogP contribution in [0.1, 0.15) is 24.9 Å². The Balaban J connectivity index is 3.03. The first kappa shape index (κ1) is 13.4. The molecule has 0 saturated carbocycles. The smallest absolute Gasteiger partial charge is 0.129 e. The Labute approximate surface area is 101 Å². The third-order valence-corrected chi connectivity index (χ3v) is 2.99. The maximum atomic E-state index is 13.7. The highest BCUT2D eigenvalue weighted by Crippen LogP contribution is 2.28. The number of nitrogens with two attached hydrogens (primary N) is 1. The van der Waals surface area contributed by atoms with Gasteiger partial charge >= 0.3 is 0 Å². The molecular formula is C12H18ClFN2. The van der Waals surface area contributed by atoms with E-state index < -0.39 is 0 Å². The van der Waals surface area contributed by atoms with Crippen molar-refractivity contribution in [3.8, 4) is 0 Å². The molecule has 0 aliphatic heterocycles. The maximum Gasteiger partial charge on any atom is 0.129 e. The number of hydrogen-bond donors (Lipinski definition) is 1. The van der Waals surface area contributed by atoms with Gasteiger partial charge in [0.25, 0.3) is 0 Å². The second kappa shape index (κ2) is 6.18. The molecule has 0 radical (unpaired) electrons. The van der Waals surface area contributed by atoms with Crippen molar-refractivity contribution < 1.29 is 4.39 Å². The SMILES string of the molecule is CCCN(C)C(CN)c1c(F)cccc1Cl. The van der Waals surface area contributed by atoms with Gasteiger partial charge in [-0.05, 0) is 32.1 Å². The van der Waals surface area contributed by atoms with Gasteiger partial charge in [0.05, 0.1) is 6.04 Å². The zero-order valence-electron chi connectivity index (χ0n) is 9.71. The van der Waals surface area contributed by atoms with Crippen LogP contribution in [0.2, 0.25) is 5.02 Å². The topological polar surface area (TPSA) is 29.3 Å². The number of benzene rings is 1. The minimum Gasteiger partial charge on any atom is -0.329 e. The second-order valence-electron chi connectivity index (χ2n) is 3.87. The Kier molecular flexibility index (Phi) is 5.19. The molecule has 90 valence electrons. The summed E-state index contributed by atoms with van der Waals surface area (Å²) in [5, 5.41) is 0.443. The van der Waals surface area contributed by atoms with E-state index >= 15 is 0 Å². The van der Waals surface area contributed by atoms with Crippen LogP contribution in [0.4, 0.5) is 4.39 Å². The van der Waals surface area contributed by atoms with Gasteiger partial charge in [-0.2, -0.15) is 0 Å². The molecule has 0 spiro atoms. The first-order valence-corrected chi connectivity index (χ1v) is 5.83. The molecule has 1 unspecified atom stereocenters. The van der Waals surface area contributed by atoms with Gasteiger partial charge in [-0.25, -0.2) is 4.39 Å². The number of nitrogens with zero attached hydrogens (tertiary/aromatic N) is 1. The fourth-order valence-electron chi connectivity index (χ4n) is 1.86. The van der Waals surface area contributed by atoms with Gasteiger partial charge in [-0.3, -0.25) is 4.90 Å². The summed E-state index contributed by atoms with van der Waals surface area (Å²) in [4.78, 5) is 2.03. The lowest BCUT2D eigenvalue weighted by Gasteiger charge is -2.27. The highest BCUT2D eigenvalue weighted by atomic mass is 35.5. The second-order valence-corrected chi connectivity index (χ2v) is 4.27. The lowest BCUT2D eigenvalue weighted by atomic mass is 10.0. The van der Waals surface area contributed by atoms with E-state index in [1.54, 1.807) is 12.1 Å². The zero-order chi connectivity index (χ0) is 12.1. The summed E-state index contributed by atoms with van der Waals surface area (Å²) in [6, 6.07) is 4.56. The molecule has 0 aromatic heterocycles. The van der Waals surface area contributed by atoms with Crippen molar-refractivity contribution in [3.05, 3.63) is 34.6 Å². The zero-order valence-corrected chi connectivity index (χ0v) is 10.5. The molecule has 1 rings (SSSR count). The summed E-state index contributed by atoms with van der Waals surface area (Å²) in [6.07, 6.45) is 0.999. The van der Waals surface area contributed by atoms with E-state index in [4.69, 9.17) is 17.3 Å². The van der Waals surface area contributed by atoms with Crippen LogP contribution in [0.25, 0.3) is 0 Å². The largest absolute Gasteiger partial charge is 0.329 e. The Morgan fingerprint density at radius 2 is 2.19 bits per heavy atom. The minimum absolute atomic E-state index is 0.159. The average molecular weight is 245 g/mol. The van der Waals surface area contributed by atoms with E-state index in [-0.39, 0.29) is 11.9 Å². The highest BCUT2D eigenvalue weighted by Gasteiger charge is 2.21. The molecule has 16 heavy (non-hydrogen) atoms. The number of likely N-dealkylation sites (N-methyl/N-ethyl adjacent to an activating group) is 1. The van der Waals surface area contributed by atoms with Crippen molar-refractivity contribution >= 4 is 11.6 Å². The lowest BCUT2D eigenvalue weighted by molar-refractivity contribution is 0.245. The first-order chi connectivity index (χ1) is 7.61. The van der Waals surface area contributed by atoms with Crippen LogP contribution >= 0.6 is 11.6 Å². The van der Waals surface area contributed by atoms with E-state index in [1.807, 2.05) is 11.9 Å². The molecule has 1 aromatic carbocycles. The normalized spacial score (nSPS) is 13.1. The Morgan fingerprint density at radius 3 is 2.69 bits per heavy atom. The fourth-order valence-corrected chi connectivity index (χ4v) is 2.14. The summed E-state index contributed by atoms with van der Waals surface area (Å²) in [5.41, 5.74) is 6.21. The predicted molar refractivity (Wildman–Crippen MR) is 66.1 cm³/mol. The Hall–Kier alpha value is -0.640. The lowest BCUT2D eigenvalue weighted by Crippen LogP contribution is -2.32. The summed E-state index contributed by atoms with van der Waals surface area (Å²) < 4.78 is 13.7. The first-order valence-electron chi connectivity index (χ1n) is 5.46.